The van der Waals surface area contributed by atoms with Crippen molar-refractivity contribution in [1.29, 1.82) is 0 Å². The predicted octanol–water partition coefficient (Wildman–Crippen LogP) is 5.57. The Balaban J connectivity index is 1.31. The first-order chi connectivity index (χ1) is 23.8. The molecule has 5 aromatic rings. The Morgan fingerprint density at radius 2 is 1.29 bits per heavy atom. The summed E-state index contributed by atoms with van der Waals surface area (Å²) >= 11 is 0. The van der Waals surface area contributed by atoms with Gasteiger partial charge in [0.15, 0.2) is 0 Å². The zero-order valence-corrected chi connectivity index (χ0v) is 26.9. The van der Waals surface area contributed by atoms with Gasteiger partial charge in [-0.2, -0.15) is 0 Å². The molecule has 0 aliphatic carbocycles. The summed E-state index contributed by atoms with van der Waals surface area (Å²) in [6, 6.07) is 35.4. The molecule has 0 bridgehead atoms. The van der Waals surface area contributed by atoms with Crippen LogP contribution in [0.3, 0.4) is 0 Å². The molecular weight excluding hydrogens is 621 g/mol. The lowest BCUT2D eigenvalue weighted by Gasteiger charge is -2.23. The molecule has 250 valence electrons. The average molecular weight is 660 g/mol. The summed E-state index contributed by atoms with van der Waals surface area (Å²) in [5.41, 5.74) is 3.22. The van der Waals surface area contributed by atoms with E-state index < -0.39 is 48.0 Å². The Labute approximate surface area is 284 Å². The average Bonchev–Trinajstić information content (AvgIpc) is 3.13. The maximum atomic E-state index is 13.8. The minimum atomic E-state index is -1.31. The fourth-order valence-electron chi connectivity index (χ4n) is 5.43. The van der Waals surface area contributed by atoms with Crippen LogP contribution in [-0.4, -0.2) is 35.8 Å². The van der Waals surface area contributed by atoms with Crippen molar-refractivity contribution in [2.75, 3.05) is 0 Å². The molecule has 5 rings (SSSR count). The van der Waals surface area contributed by atoms with Crippen molar-refractivity contribution in [3.8, 4) is 0 Å². The number of ether oxygens (including phenoxy) is 1. The van der Waals surface area contributed by atoms with E-state index in [1.165, 1.54) is 24.3 Å². The van der Waals surface area contributed by atoms with Crippen LogP contribution >= 0.6 is 0 Å². The van der Waals surface area contributed by atoms with Gasteiger partial charge in [-0.05, 0) is 51.6 Å². The maximum Gasteiger partial charge on any atom is 0.308 e. The van der Waals surface area contributed by atoms with Crippen molar-refractivity contribution in [3.05, 3.63) is 155 Å². The van der Waals surface area contributed by atoms with Gasteiger partial charge in [-0.1, -0.05) is 115 Å². The van der Waals surface area contributed by atoms with Crippen LogP contribution in [0.25, 0.3) is 10.8 Å². The van der Waals surface area contributed by atoms with Crippen molar-refractivity contribution >= 4 is 34.5 Å². The Bertz CT molecular complexity index is 1800. The van der Waals surface area contributed by atoms with Gasteiger partial charge in [0.2, 0.25) is 17.7 Å². The van der Waals surface area contributed by atoms with Crippen molar-refractivity contribution in [2.24, 2.45) is 0 Å². The Kier molecular flexibility index (Phi) is 12.2. The number of carbonyl (C=O) groups excluding carboxylic acids is 4. The molecule has 0 radical (unpaired) electrons. The molecule has 0 aromatic heterocycles. The third-order valence-corrected chi connectivity index (χ3v) is 8.07. The predicted molar refractivity (Wildman–Crippen MR) is 185 cm³/mol. The highest BCUT2D eigenvalue weighted by atomic mass is 19.1. The summed E-state index contributed by atoms with van der Waals surface area (Å²) < 4.78 is 19.1. The largest absolute Gasteiger partial charge is 0.461 e. The third kappa shape index (κ3) is 10.6. The first-order valence-corrected chi connectivity index (χ1v) is 16.2. The topological polar surface area (TPSA) is 114 Å². The van der Waals surface area contributed by atoms with E-state index in [1.54, 1.807) is 12.1 Å². The van der Waals surface area contributed by atoms with E-state index in [-0.39, 0.29) is 26.0 Å². The second-order valence-electron chi connectivity index (χ2n) is 11.7. The number of fused-ring (bicyclic) bond motifs is 1. The molecule has 0 heterocycles. The molecule has 0 fully saturated rings. The molecule has 0 saturated carbocycles. The lowest BCUT2D eigenvalue weighted by atomic mass is 10.0. The standard InChI is InChI=1S/C40H38FN3O5/c41-33-21-18-29(19-22-33)24-35(39(47)42-26-32-16-9-15-31-14-7-8-17-34(31)32)44-40(48)36(25-38(46)49-27-30-12-5-2-6-13-30)43-37(45)23-20-28-10-3-1-4-11-28/h1-19,21-22,35-36H,20,23-27H2,(H,42,47)(H,43,45)(H,44,48)/t35-,36-/m0/s1. The van der Waals surface area contributed by atoms with E-state index in [2.05, 4.69) is 16.0 Å². The molecule has 9 heteroatoms. The molecule has 3 amide bonds. The van der Waals surface area contributed by atoms with E-state index in [0.29, 0.717) is 12.0 Å². The first-order valence-electron chi connectivity index (χ1n) is 16.2. The lowest BCUT2D eigenvalue weighted by molar-refractivity contribution is -0.147. The van der Waals surface area contributed by atoms with Crippen LogP contribution in [0.1, 0.15) is 35.1 Å². The van der Waals surface area contributed by atoms with Gasteiger partial charge in [-0.3, -0.25) is 19.2 Å². The Morgan fingerprint density at radius 3 is 2.02 bits per heavy atom. The Morgan fingerprint density at radius 1 is 0.633 bits per heavy atom. The number of hydrogen-bond acceptors (Lipinski definition) is 5. The van der Waals surface area contributed by atoms with Crippen LogP contribution in [0.2, 0.25) is 0 Å². The number of carbonyl (C=O) groups is 4. The van der Waals surface area contributed by atoms with Gasteiger partial charge in [-0.25, -0.2) is 4.39 Å². The van der Waals surface area contributed by atoms with E-state index >= 15 is 0 Å². The highest BCUT2D eigenvalue weighted by Crippen LogP contribution is 2.18. The van der Waals surface area contributed by atoms with Crippen molar-refractivity contribution < 1.29 is 28.3 Å². The highest BCUT2D eigenvalue weighted by Gasteiger charge is 2.29. The van der Waals surface area contributed by atoms with Gasteiger partial charge in [0.1, 0.15) is 24.5 Å². The molecule has 3 N–H and O–H groups in total. The summed E-state index contributed by atoms with van der Waals surface area (Å²) in [5, 5.41) is 10.3. The number of benzene rings is 5. The van der Waals surface area contributed by atoms with Crippen LogP contribution in [0.4, 0.5) is 4.39 Å². The van der Waals surface area contributed by atoms with Gasteiger partial charge in [0, 0.05) is 19.4 Å². The molecular formula is C40H38FN3O5. The van der Waals surface area contributed by atoms with Gasteiger partial charge in [0.05, 0.1) is 6.42 Å². The van der Waals surface area contributed by atoms with E-state index in [4.69, 9.17) is 4.74 Å². The summed E-state index contributed by atoms with van der Waals surface area (Å²) in [7, 11) is 0. The van der Waals surface area contributed by atoms with E-state index in [1.807, 2.05) is 91.0 Å². The number of rotatable bonds is 15. The van der Waals surface area contributed by atoms with Gasteiger partial charge in [-0.15, -0.1) is 0 Å². The van der Waals surface area contributed by atoms with Gasteiger partial charge in [0.25, 0.3) is 0 Å². The molecule has 0 aliphatic rings. The fourth-order valence-corrected chi connectivity index (χ4v) is 5.43. The van der Waals surface area contributed by atoms with Crippen LogP contribution < -0.4 is 16.0 Å². The SMILES string of the molecule is O=C(CCc1ccccc1)N[C@@H](CC(=O)OCc1ccccc1)C(=O)N[C@@H](Cc1ccc(F)cc1)C(=O)NCc1cccc2ccccc12. The van der Waals surface area contributed by atoms with Crippen molar-refractivity contribution in [3.63, 3.8) is 0 Å². The quantitative estimate of drug-likeness (QED) is 0.127. The summed E-state index contributed by atoms with van der Waals surface area (Å²) in [4.78, 5) is 53.4. The maximum absolute atomic E-state index is 13.8. The normalized spacial score (nSPS) is 12.0. The number of halogens is 1. The lowest BCUT2D eigenvalue weighted by Crippen LogP contribution is -2.55. The second kappa shape index (κ2) is 17.4. The minimum absolute atomic E-state index is 0.000266. The van der Waals surface area contributed by atoms with Crippen LogP contribution in [0, 0.1) is 5.82 Å². The fraction of sp³-hybridized carbons (Fsp3) is 0.200. The zero-order chi connectivity index (χ0) is 34.4. The van der Waals surface area contributed by atoms with Gasteiger partial charge < -0.3 is 20.7 Å². The van der Waals surface area contributed by atoms with Crippen molar-refractivity contribution in [1.82, 2.24) is 16.0 Å². The molecule has 0 saturated heterocycles. The molecule has 49 heavy (non-hydrogen) atoms. The zero-order valence-electron chi connectivity index (χ0n) is 26.9. The molecule has 0 spiro atoms. The first kappa shape index (κ1) is 34.5. The molecule has 0 unspecified atom stereocenters. The van der Waals surface area contributed by atoms with Crippen molar-refractivity contribution in [2.45, 2.75) is 50.9 Å². The van der Waals surface area contributed by atoms with E-state index in [9.17, 15) is 23.6 Å². The third-order valence-electron chi connectivity index (χ3n) is 8.07. The van der Waals surface area contributed by atoms with Crippen LogP contribution in [-0.2, 0) is 49.9 Å². The minimum Gasteiger partial charge on any atom is -0.461 e. The number of esters is 1. The van der Waals surface area contributed by atoms with Gasteiger partial charge >= 0.3 is 5.97 Å². The summed E-state index contributed by atoms with van der Waals surface area (Å²) in [6.07, 6.45) is 0.109. The van der Waals surface area contributed by atoms with E-state index in [0.717, 1.165) is 27.5 Å². The Hall–Kier alpha value is -5.83. The molecule has 2 atom stereocenters. The number of amides is 3. The number of nitrogens with one attached hydrogen (secondary N) is 3. The molecule has 5 aromatic carbocycles. The molecule has 0 aliphatic heterocycles. The molecule has 8 nitrogen and oxygen atoms in total. The summed E-state index contributed by atoms with van der Waals surface area (Å²) in [5.74, 6) is -2.76. The number of aryl methyl sites for hydroxylation is 1. The van der Waals surface area contributed by atoms with Crippen LogP contribution in [0.5, 0.6) is 0 Å². The highest BCUT2D eigenvalue weighted by molar-refractivity contribution is 5.94. The monoisotopic (exact) mass is 659 g/mol. The second-order valence-corrected chi connectivity index (χ2v) is 11.7. The summed E-state index contributed by atoms with van der Waals surface area (Å²) in [6.45, 7) is 0.196. The van der Waals surface area contributed by atoms with Crippen LogP contribution in [0.15, 0.2) is 127 Å². The smallest absolute Gasteiger partial charge is 0.308 e. The number of hydrogen-bond donors (Lipinski definition) is 3.